The van der Waals surface area contributed by atoms with E-state index in [1.54, 1.807) is 11.8 Å². The predicted octanol–water partition coefficient (Wildman–Crippen LogP) is 6.66. The monoisotopic (exact) mass is 417 g/mol. The second-order valence-electron chi connectivity index (χ2n) is 8.54. The Balaban J connectivity index is 1.53. The lowest BCUT2D eigenvalue weighted by molar-refractivity contribution is 0.0760. The predicted molar refractivity (Wildman–Crippen MR) is 124 cm³/mol. The van der Waals surface area contributed by atoms with Crippen molar-refractivity contribution in [3.8, 4) is 11.5 Å². The first-order valence-corrected chi connectivity index (χ1v) is 11.3. The van der Waals surface area contributed by atoms with Crippen LogP contribution in [0.25, 0.3) is 0 Å². The summed E-state index contributed by atoms with van der Waals surface area (Å²) < 4.78 is 5.99. The maximum atomic E-state index is 13.2. The average Bonchev–Trinajstić information content (AvgIpc) is 3.24. The summed E-state index contributed by atoms with van der Waals surface area (Å²) in [6.07, 6.45) is 0. The highest BCUT2D eigenvalue weighted by Crippen LogP contribution is 2.40. The first-order valence-electron chi connectivity index (χ1n) is 10.3. The number of thioether (sulfide) groups is 1. The summed E-state index contributed by atoms with van der Waals surface area (Å²) in [5.41, 5.74) is 3.14. The van der Waals surface area contributed by atoms with Crippen molar-refractivity contribution in [1.82, 2.24) is 4.90 Å². The van der Waals surface area contributed by atoms with Crippen molar-refractivity contribution in [2.24, 2.45) is 0 Å². The Kier molecular flexibility index (Phi) is 5.87. The fraction of sp³-hybridized carbons (Fsp3) is 0.269. The van der Waals surface area contributed by atoms with E-state index in [9.17, 15) is 4.79 Å². The third-order valence-corrected chi connectivity index (χ3v) is 6.53. The first kappa shape index (κ1) is 20.5. The van der Waals surface area contributed by atoms with Crippen LogP contribution in [0.1, 0.15) is 47.6 Å². The van der Waals surface area contributed by atoms with E-state index in [1.165, 1.54) is 5.56 Å². The Morgan fingerprint density at radius 2 is 1.63 bits per heavy atom. The first-order chi connectivity index (χ1) is 14.4. The van der Waals surface area contributed by atoms with E-state index in [0.717, 1.165) is 34.9 Å². The molecule has 4 rings (SSSR count). The zero-order valence-corrected chi connectivity index (χ0v) is 18.5. The van der Waals surface area contributed by atoms with Crippen molar-refractivity contribution in [3.05, 3.63) is 95.6 Å². The second-order valence-corrected chi connectivity index (χ2v) is 9.72. The maximum Gasteiger partial charge on any atom is 0.255 e. The SMILES string of the molecule is CC(C)(C)c1ccc(C(=O)N2CCSC2c2cccc(Oc3ccccc3)c2)cc1. The molecule has 1 aliphatic rings. The van der Waals surface area contributed by atoms with Crippen LogP contribution in [0.3, 0.4) is 0 Å². The van der Waals surface area contributed by atoms with Crippen LogP contribution in [0.4, 0.5) is 0 Å². The number of benzene rings is 3. The minimum Gasteiger partial charge on any atom is -0.457 e. The molecule has 1 aliphatic heterocycles. The number of hydrogen-bond acceptors (Lipinski definition) is 3. The number of carbonyl (C=O) groups is 1. The molecule has 154 valence electrons. The van der Waals surface area contributed by atoms with Crippen molar-refractivity contribution >= 4 is 17.7 Å². The number of carbonyl (C=O) groups excluding carboxylic acids is 1. The molecule has 30 heavy (non-hydrogen) atoms. The van der Waals surface area contributed by atoms with Crippen LogP contribution in [0, 0.1) is 0 Å². The van der Waals surface area contributed by atoms with Gasteiger partial charge in [-0.05, 0) is 52.9 Å². The number of hydrogen-bond donors (Lipinski definition) is 0. The van der Waals surface area contributed by atoms with E-state index in [2.05, 4.69) is 39.0 Å². The van der Waals surface area contributed by atoms with E-state index < -0.39 is 0 Å². The van der Waals surface area contributed by atoms with Gasteiger partial charge in [-0.25, -0.2) is 0 Å². The molecule has 4 heteroatoms. The van der Waals surface area contributed by atoms with Crippen LogP contribution in [-0.4, -0.2) is 23.1 Å². The fourth-order valence-corrected chi connectivity index (χ4v) is 4.83. The number of amides is 1. The highest BCUT2D eigenvalue weighted by molar-refractivity contribution is 7.99. The topological polar surface area (TPSA) is 29.5 Å². The quantitative estimate of drug-likeness (QED) is 0.475. The van der Waals surface area contributed by atoms with Gasteiger partial charge in [-0.3, -0.25) is 4.79 Å². The van der Waals surface area contributed by atoms with Crippen molar-refractivity contribution < 1.29 is 9.53 Å². The third kappa shape index (κ3) is 4.54. The van der Waals surface area contributed by atoms with Gasteiger partial charge >= 0.3 is 0 Å². The molecule has 1 saturated heterocycles. The highest BCUT2D eigenvalue weighted by atomic mass is 32.2. The zero-order valence-electron chi connectivity index (χ0n) is 17.7. The fourth-order valence-electron chi connectivity index (χ4n) is 3.59. The van der Waals surface area contributed by atoms with Crippen molar-refractivity contribution in [2.75, 3.05) is 12.3 Å². The highest BCUT2D eigenvalue weighted by Gasteiger charge is 2.31. The molecule has 0 spiro atoms. The van der Waals surface area contributed by atoms with Gasteiger partial charge in [0.25, 0.3) is 5.91 Å². The number of rotatable bonds is 4. The molecule has 1 atom stereocenters. The minimum absolute atomic E-state index is 0.000819. The van der Waals surface area contributed by atoms with Gasteiger partial charge < -0.3 is 9.64 Å². The molecule has 0 aromatic heterocycles. The molecule has 3 aromatic carbocycles. The van der Waals surface area contributed by atoms with Crippen LogP contribution < -0.4 is 4.74 Å². The Hall–Kier alpha value is -2.72. The molecule has 1 heterocycles. The van der Waals surface area contributed by atoms with Gasteiger partial charge in [0, 0.05) is 17.9 Å². The van der Waals surface area contributed by atoms with Gasteiger partial charge in [-0.1, -0.05) is 63.2 Å². The smallest absolute Gasteiger partial charge is 0.255 e. The van der Waals surface area contributed by atoms with Crippen LogP contribution in [0.2, 0.25) is 0 Å². The van der Waals surface area contributed by atoms with E-state index in [1.807, 2.05) is 65.6 Å². The van der Waals surface area contributed by atoms with Gasteiger partial charge in [0.2, 0.25) is 0 Å². The molecule has 0 aliphatic carbocycles. The van der Waals surface area contributed by atoms with E-state index in [-0.39, 0.29) is 16.7 Å². The Bertz CT molecular complexity index is 1010. The van der Waals surface area contributed by atoms with Crippen LogP contribution in [-0.2, 0) is 5.41 Å². The minimum atomic E-state index is -0.000819. The Morgan fingerprint density at radius 1 is 0.933 bits per heavy atom. The average molecular weight is 418 g/mol. The second kappa shape index (κ2) is 8.57. The van der Waals surface area contributed by atoms with Gasteiger partial charge in [0.15, 0.2) is 0 Å². The normalized spacial score (nSPS) is 16.5. The molecular formula is C26H27NO2S. The Morgan fingerprint density at radius 3 is 2.33 bits per heavy atom. The van der Waals surface area contributed by atoms with E-state index in [4.69, 9.17) is 4.74 Å². The molecule has 0 N–H and O–H groups in total. The molecule has 3 nitrogen and oxygen atoms in total. The molecule has 0 radical (unpaired) electrons. The summed E-state index contributed by atoms with van der Waals surface area (Å²) in [7, 11) is 0. The van der Waals surface area contributed by atoms with Gasteiger partial charge in [0.1, 0.15) is 16.9 Å². The lowest BCUT2D eigenvalue weighted by atomic mass is 9.86. The zero-order chi connectivity index (χ0) is 21.1. The molecule has 1 amide bonds. The summed E-state index contributed by atoms with van der Waals surface area (Å²) in [6.45, 7) is 7.30. The molecule has 1 unspecified atom stereocenters. The number of para-hydroxylation sites is 1. The standard InChI is InChI=1S/C26H27NO2S/c1-26(2,3)21-14-12-19(13-15-21)24(28)27-16-17-30-25(27)20-8-7-11-23(18-20)29-22-9-5-4-6-10-22/h4-15,18,25H,16-17H2,1-3H3. The largest absolute Gasteiger partial charge is 0.457 e. The molecule has 0 saturated carbocycles. The lowest BCUT2D eigenvalue weighted by Gasteiger charge is -2.25. The maximum absolute atomic E-state index is 13.2. The summed E-state index contributed by atoms with van der Waals surface area (Å²) in [4.78, 5) is 15.2. The van der Waals surface area contributed by atoms with E-state index >= 15 is 0 Å². The third-order valence-electron chi connectivity index (χ3n) is 5.27. The number of nitrogens with zero attached hydrogens (tertiary/aromatic N) is 1. The van der Waals surface area contributed by atoms with Crippen LogP contribution in [0.15, 0.2) is 78.9 Å². The van der Waals surface area contributed by atoms with Crippen molar-refractivity contribution in [1.29, 1.82) is 0 Å². The summed E-state index contributed by atoms with van der Waals surface area (Å²) in [5, 5.41) is -0.000819. The van der Waals surface area contributed by atoms with Gasteiger partial charge in [-0.2, -0.15) is 0 Å². The molecule has 0 bridgehead atoms. The Labute approximate surface area is 183 Å². The van der Waals surface area contributed by atoms with Crippen molar-refractivity contribution in [2.45, 2.75) is 31.6 Å². The van der Waals surface area contributed by atoms with Crippen LogP contribution in [0.5, 0.6) is 11.5 Å². The van der Waals surface area contributed by atoms with Crippen LogP contribution >= 0.6 is 11.8 Å². The molecular weight excluding hydrogens is 390 g/mol. The number of ether oxygens (including phenoxy) is 1. The molecule has 1 fully saturated rings. The van der Waals surface area contributed by atoms with Gasteiger partial charge in [-0.15, -0.1) is 11.8 Å². The summed E-state index contributed by atoms with van der Waals surface area (Å²) in [6, 6.07) is 25.9. The lowest BCUT2D eigenvalue weighted by Crippen LogP contribution is -2.30. The summed E-state index contributed by atoms with van der Waals surface area (Å²) in [5.74, 6) is 2.61. The van der Waals surface area contributed by atoms with E-state index in [0.29, 0.717) is 0 Å². The van der Waals surface area contributed by atoms with Gasteiger partial charge in [0.05, 0.1) is 0 Å². The van der Waals surface area contributed by atoms with Crippen molar-refractivity contribution in [3.63, 3.8) is 0 Å². The molecule has 3 aromatic rings. The summed E-state index contributed by atoms with van der Waals surface area (Å²) >= 11 is 1.80.